The first-order chi connectivity index (χ1) is 13.7. The Balaban J connectivity index is 1.92. The largest absolute Gasteiger partial charge is 0.462 e. The van der Waals surface area contributed by atoms with Crippen LogP contribution in [0.2, 0.25) is 5.02 Å². The number of anilines is 1. The molecule has 2 heterocycles. The van der Waals surface area contributed by atoms with Crippen LogP contribution in [0.5, 0.6) is 0 Å². The first kappa shape index (κ1) is 20.2. The molecule has 0 amide bonds. The number of halogens is 1. The molecule has 0 bridgehead atoms. The number of carbonyl (C=O) groups is 2. The van der Waals surface area contributed by atoms with Crippen molar-refractivity contribution in [3.63, 3.8) is 0 Å². The second-order valence-corrected chi connectivity index (χ2v) is 9.92. The summed E-state index contributed by atoms with van der Waals surface area (Å²) < 4.78 is 5.26. The number of ether oxygens (including phenoxy) is 1. The lowest BCUT2D eigenvalue weighted by Gasteiger charge is -2.38. The third kappa shape index (κ3) is 3.51. The monoisotopic (exact) mass is 429 g/mol. The summed E-state index contributed by atoms with van der Waals surface area (Å²) in [5.74, 6) is -0.357. The maximum absolute atomic E-state index is 13.2. The summed E-state index contributed by atoms with van der Waals surface area (Å²) in [4.78, 5) is 26.4. The minimum absolute atomic E-state index is 0.0960. The Morgan fingerprint density at radius 1 is 1.28 bits per heavy atom. The van der Waals surface area contributed by atoms with Gasteiger partial charge in [-0.3, -0.25) is 4.79 Å². The minimum atomic E-state index is -0.314. The highest BCUT2D eigenvalue weighted by atomic mass is 35.5. The molecule has 4 rings (SSSR count). The van der Waals surface area contributed by atoms with Crippen LogP contribution < -0.4 is 5.32 Å². The smallest absolute Gasteiger partial charge is 0.348 e. The van der Waals surface area contributed by atoms with Gasteiger partial charge in [0.25, 0.3) is 0 Å². The van der Waals surface area contributed by atoms with Gasteiger partial charge < -0.3 is 10.1 Å². The number of benzene rings is 1. The van der Waals surface area contributed by atoms with E-state index in [9.17, 15) is 9.59 Å². The zero-order chi connectivity index (χ0) is 20.9. The van der Waals surface area contributed by atoms with Crippen LogP contribution in [0.15, 0.2) is 35.5 Å². The van der Waals surface area contributed by atoms with E-state index >= 15 is 0 Å². The summed E-state index contributed by atoms with van der Waals surface area (Å²) in [6.45, 7) is 8.31. The average molecular weight is 430 g/mol. The topological polar surface area (TPSA) is 55.4 Å². The van der Waals surface area contributed by atoms with E-state index in [1.165, 1.54) is 11.3 Å². The van der Waals surface area contributed by atoms with Crippen molar-refractivity contribution in [2.24, 2.45) is 5.41 Å². The van der Waals surface area contributed by atoms with Crippen molar-refractivity contribution in [3.8, 4) is 0 Å². The van der Waals surface area contributed by atoms with Crippen LogP contribution in [-0.4, -0.2) is 18.4 Å². The molecule has 1 aliphatic heterocycles. The molecule has 1 aromatic heterocycles. The zero-order valence-electron chi connectivity index (χ0n) is 17.0. The molecule has 0 spiro atoms. The molecule has 0 unspecified atom stereocenters. The molecule has 0 fully saturated rings. The van der Waals surface area contributed by atoms with Crippen molar-refractivity contribution in [1.29, 1.82) is 0 Å². The first-order valence-electron chi connectivity index (χ1n) is 9.81. The van der Waals surface area contributed by atoms with Crippen LogP contribution in [-0.2, 0) is 9.53 Å². The predicted molar refractivity (Wildman–Crippen MR) is 117 cm³/mol. The summed E-state index contributed by atoms with van der Waals surface area (Å²) in [6, 6.07) is 7.65. The van der Waals surface area contributed by atoms with Gasteiger partial charge in [-0.15, -0.1) is 11.3 Å². The molecule has 1 atom stereocenters. The number of rotatable bonds is 3. The van der Waals surface area contributed by atoms with E-state index in [2.05, 4.69) is 19.2 Å². The fraction of sp³-hybridized carbons (Fsp3) is 0.391. The van der Waals surface area contributed by atoms with E-state index in [1.807, 2.05) is 31.2 Å². The molecule has 2 aromatic rings. The highest BCUT2D eigenvalue weighted by Gasteiger charge is 2.42. The molecule has 1 aliphatic carbocycles. The van der Waals surface area contributed by atoms with Crippen molar-refractivity contribution >= 4 is 39.7 Å². The van der Waals surface area contributed by atoms with Crippen LogP contribution >= 0.6 is 22.9 Å². The van der Waals surface area contributed by atoms with Gasteiger partial charge in [0, 0.05) is 34.2 Å². The minimum Gasteiger partial charge on any atom is -0.462 e. The zero-order valence-corrected chi connectivity index (χ0v) is 18.6. The van der Waals surface area contributed by atoms with Gasteiger partial charge in [-0.1, -0.05) is 37.6 Å². The number of hydrogen-bond acceptors (Lipinski definition) is 5. The summed E-state index contributed by atoms with van der Waals surface area (Å²) in [5.41, 5.74) is 4.56. The normalized spacial score (nSPS) is 20.0. The van der Waals surface area contributed by atoms with Gasteiger partial charge in [-0.25, -0.2) is 4.79 Å². The van der Waals surface area contributed by atoms with Crippen molar-refractivity contribution < 1.29 is 14.3 Å². The van der Waals surface area contributed by atoms with Gasteiger partial charge in [0.1, 0.15) is 4.88 Å². The lowest BCUT2D eigenvalue weighted by Crippen LogP contribution is -2.33. The van der Waals surface area contributed by atoms with Crippen LogP contribution in [0, 0.1) is 12.3 Å². The van der Waals surface area contributed by atoms with Crippen molar-refractivity contribution in [1.82, 2.24) is 0 Å². The number of Topliss-reactive ketones (excluding diaryl/α,β-unsaturated/α-hetero) is 1. The number of esters is 1. The van der Waals surface area contributed by atoms with Gasteiger partial charge in [0.2, 0.25) is 0 Å². The molecule has 29 heavy (non-hydrogen) atoms. The fourth-order valence-corrected chi connectivity index (χ4v) is 5.70. The summed E-state index contributed by atoms with van der Waals surface area (Å²) >= 11 is 7.53. The Morgan fingerprint density at radius 2 is 1.97 bits per heavy atom. The molecule has 0 saturated heterocycles. The van der Waals surface area contributed by atoms with Gasteiger partial charge >= 0.3 is 5.97 Å². The van der Waals surface area contributed by atoms with Crippen LogP contribution in [0.1, 0.15) is 65.9 Å². The standard InChI is InChI=1S/C23H24ClNO3S/c1-5-28-22(27)20-12(2)17-18(13-6-8-14(24)9-7-13)19-15(25-21(17)29-20)10-23(3,4)11-16(19)26/h6-9,18,25H,5,10-11H2,1-4H3/t18-/m1/s1. The molecule has 6 heteroatoms. The Bertz CT molecular complexity index is 1030. The van der Waals surface area contributed by atoms with Crippen LogP contribution in [0.4, 0.5) is 5.00 Å². The van der Waals surface area contributed by atoms with Gasteiger partial charge in [-0.2, -0.15) is 0 Å². The number of carbonyl (C=O) groups excluding carboxylic acids is 2. The second-order valence-electron chi connectivity index (χ2n) is 8.46. The number of allylic oxidation sites excluding steroid dienone is 2. The predicted octanol–water partition coefficient (Wildman–Crippen LogP) is 6.09. The Hall–Kier alpha value is -2.11. The van der Waals surface area contributed by atoms with Crippen molar-refractivity contribution in [2.75, 3.05) is 11.9 Å². The second kappa shape index (κ2) is 7.29. The van der Waals surface area contributed by atoms with E-state index < -0.39 is 0 Å². The highest BCUT2D eigenvalue weighted by molar-refractivity contribution is 7.18. The lowest BCUT2D eigenvalue weighted by atomic mass is 9.69. The average Bonchev–Trinajstić information content (AvgIpc) is 2.96. The molecule has 152 valence electrons. The van der Waals surface area contributed by atoms with Gasteiger partial charge in [0.05, 0.1) is 11.6 Å². The van der Waals surface area contributed by atoms with Crippen LogP contribution in [0.25, 0.3) is 0 Å². The molecular weight excluding hydrogens is 406 g/mol. The number of nitrogens with one attached hydrogen (secondary N) is 1. The summed E-state index contributed by atoms with van der Waals surface area (Å²) in [5, 5.41) is 5.08. The summed E-state index contributed by atoms with van der Waals surface area (Å²) in [7, 11) is 0. The van der Waals surface area contributed by atoms with Crippen LogP contribution in [0.3, 0.4) is 0 Å². The van der Waals surface area contributed by atoms with Gasteiger partial charge in [0.15, 0.2) is 5.78 Å². The maximum atomic E-state index is 13.2. The Labute approximate surface area is 179 Å². The molecule has 1 N–H and O–H groups in total. The number of fused-ring (bicyclic) bond motifs is 1. The molecule has 1 aromatic carbocycles. The molecule has 0 saturated carbocycles. The summed E-state index contributed by atoms with van der Waals surface area (Å²) in [6.07, 6.45) is 1.31. The number of ketones is 1. The van der Waals surface area contributed by atoms with Gasteiger partial charge in [-0.05, 0) is 48.9 Å². The fourth-order valence-electron chi connectivity index (χ4n) is 4.41. The van der Waals surface area contributed by atoms with Crippen molar-refractivity contribution in [2.45, 2.75) is 46.5 Å². The maximum Gasteiger partial charge on any atom is 0.348 e. The van der Waals surface area contributed by atoms with E-state index in [-0.39, 0.29) is 23.1 Å². The SMILES string of the molecule is CCOC(=O)c1sc2c(c1C)[C@@H](c1ccc(Cl)cc1)C1=C(CC(C)(C)CC1=O)N2. The van der Waals surface area contributed by atoms with E-state index in [1.54, 1.807) is 6.92 Å². The number of hydrogen-bond donors (Lipinski definition) is 1. The quantitative estimate of drug-likeness (QED) is 0.600. The highest BCUT2D eigenvalue weighted by Crippen LogP contribution is 2.53. The molecule has 0 radical (unpaired) electrons. The Morgan fingerprint density at radius 3 is 2.62 bits per heavy atom. The molecule has 2 aliphatic rings. The first-order valence-corrected chi connectivity index (χ1v) is 11.0. The lowest BCUT2D eigenvalue weighted by molar-refractivity contribution is -0.118. The number of thiophene rings is 1. The third-order valence-electron chi connectivity index (χ3n) is 5.62. The third-order valence-corrected chi connectivity index (χ3v) is 7.07. The molecule has 4 nitrogen and oxygen atoms in total. The van der Waals surface area contributed by atoms with E-state index in [0.29, 0.717) is 22.9 Å². The van der Waals surface area contributed by atoms with E-state index in [4.69, 9.17) is 16.3 Å². The molecular formula is C23H24ClNO3S. The van der Waals surface area contributed by atoms with Crippen molar-refractivity contribution in [3.05, 3.63) is 62.1 Å². The van der Waals surface area contributed by atoms with E-state index in [0.717, 1.165) is 39.4 Å². The Kier molecular flexibility index (Phi) is 5.07.